The number of rotatable bonds is 0. The molecule has 0 bridgehead atoms. The van der Waals surface area contributed by atoms with Crippen LogP contribution in [-0.2, 0) is 65.4 Å². The summed E-state index contributed by atoms with van der Waals surface area (Å²) < 4.78 is 0. The van der Waals surface area contributed by atoms with E-state index in [1.807, 2.05) is 121 Å². The third kappa shape index (κ3) is 23.9. The van der Waals surface area contributed by atoms with Gasteiger partial charge in [-0.05, 0) is 0 Å². The van der Waals surface area contributed by atoms with E-state index in [0.29, 0.717) is 0 Å². The van der Waals surface area contributed by atoms with E-state index >= 15 is 0 Å². The van der Waals surface area contributed by atoms with Crippen molar-refractivity contribution in [3.8, 4) is 0 Å². The molecule has 0 aromatic heterocycles. The summed E-state index contributed by atoms with van der Waals surface area (Å²) >= 11 is 0. The Labute approximate surface area is 199 Å². The molecule has 0 saturated heterocycles. The molecule has 4 aromatic carbocycles. The molecule has 4 aromatic rings. The fourth-order valence-corrected chi connectivity index (χ4v) is 1.28. The van der Waals surface area contributed by atoms with Crippen LogP contribution in [0.1, 0.15) is 0 Å². The zero-order valence-corrected chi connectivity index (χ0v) is 20.4. The van der Waals surface area contributed by atoms with Crippen molar-refractivity contribution in [3.05, 3.63) is 136 Å². The monoisotopic (exact) mass is 468 g/mol. The first-order valence-electron chi connectivity index (χ1n) is 6.67. The van der Waals surface area contributed by atoms with Crippen LogP contribution >= 0.6 is 0 Å². The summed E-state index contributed by atoms with van der Waals surface area (Å²) in [4.78, 5) is 0. The van der Waals surface area contributed by atoms with Crippen molar-refractivity contribution in [2.45, 2.75) is 0 Å². The second kappa shape index (κ2) is 27.5. The fourth-order valence-electron chi connectivity index (χ4n) is 1.28. The average Bonchev–Trinajstić information content (AvgIpc) is 3.40. The maximum atomic E-state index is 2.00. The summed E-state index contributed by atoms with van der Waals surface area (Å²) in [5.74, 6) is 0. The van der Waals surface area contributed by atoms with Gasteiger partial charge in [0.05, 0.1) is 0 Å². The van der Waals surface area contributed by atoms with E-state index < -0.39 is 0 Å². The Hall–Kier alpha value is -0.392. The minimum atomic E-state index is 0. The summed E-state index contributed by atoms with van der Waals surface area (Å²) in [6.07, 6.45) is 0. The van der Waals surface area contributed by atoms with Gasteiger partial charge >= 0.3 is 0 Å². The van der Waals surface area contributed by atoms with Crippen LogP contribution in [0.25, 0.3) is 0 Å². The fraction of sp³-hybridized carbons (Fsp3) is 0. The molecule has 0 aliphatic rings. The molecule has 24 heavy (non-hydrogen) atoms. The first-order chi connectivity index (χ1) is 10.0. The Morgan fingerprint density at radius 3 is 0.458 bits per heavy atom. The molecule has 0 fully saturated rings. The van der Waals surface area contributed by atoms with Gasteiger partial charge in [-0.3, -0.25) is 0 Å². The van der Waals surface area contributed by atoms with Crippen LogP contribution in [0.4, 0.5) is 0 Å². The Balaban J connectivity index is -0.000000105. The van der Waals surface area contributed by atoms with E-state index in [4.69, 9.17) is 0 Å². The third-order valence-corrected chi connectivity index (χ3v) is 2.22. The number of hydrogen-bond acceptors (Lipinski definition) is 0. The van der Waals surface area contributed by atoms with Crippen LogP contribution in [0.2, 0.25) is 0 Å². The summed E-state index contributed by atoms with van der Waals surface area (Å²) in [5.41, 5.74) is 0. The first-order valence-corrected chi connectivity index (χ1v) is 6.67. The SMILES string of the molecule is [CH3-].[CH3-].[Y].[Y].c1cc[cH-]c1.c1cc[cH-]c1.c1cc[cH-]c1.c1cc[cH-]c1. The van der Waals surface area contributed by atoms with Crippen molar-refractivity contribution in [1.82, 2.24) is 0 Å². The second-order valence-electron chi connectivity index (χ2n) is 3.85. The Bertz CT molecular complexity index is 341. The van der Waals surface area contributed by atoms with Crippen molar-refractivity contribution >= 4 is 0 Å². The smallest absolute Gasteiger partial charge is 0 e. The van der Waals surface area contributed by atoms with Crippen molar-refractivity contribution in [3.63, 3.8) is 0 Å². The predicted molar refractivity (Wildman–Crippen MR) is 101 cm³/mol. The molecule has 0 amide bonds. The van der Waals surface area contributed by atoms with Crippen LogP contribution < -0.4 is 0 Å². The number of hydrogen-bond donors (Lipinski definition) is 0. The molecule has 0 atom stereocenters. The summed E-state index contributed by atoms with van der Waals surface area (Å²) in [6, 6.07) is 40.0. The summed E-state index contributed by atoms with van der Waals surface area (Å²) in [7, 11) is 0. The zero-order valence-electron chi connectivity index (χ0n) is 14.7. The molecule has 0 spiro atoms. The minimum Gasteiger partial charge on any atom is -0.358 e. The minimum absolute atomic E-state index is 0. The molecule has 0 heterocycles. The standard InChI is InChI=1S/4C5H5.2CH3.2Y/c4*1-2-4-5-3-1;;;;/h4*1-5H;2*1H3;;/q6*-1;;. The largest absolute Gasteiger partial charge is 0.358 e. The quantitative estimate of drug-likeness (QED) is 0.258. The molecule has 0 unspecified atom stereocenters. The Kier molecular flexibility index (Phi) is 35.9. The van der Waals surface area contributed by atoms with Gasteiger partial charge in [-0.2, -0.15) is 72.8 Å². The molecule has 0 aliphatic heterocycles. The molecule has 0 nitrogen and oxygen atoms in total. The van der Waals surface area contributed by atoms with E-state index in [1.54, 1.807) is 0 Å². The second-order valence-corrected chi connectivity index (χ2v) is 3.85. The van der Waals surface area contributed by atoms with Gasteiger partial charge in [-0.1, -0.05) is 0 Å². The molecular formula is C22H26Y2-6. The molecular weight excluding hydrogens is 442 g/mol. The third-order valence-electron chi connectivity index (χ3n) is 2.22. The van der Waals surface area contributed by atoms with Gasteiger partial charge in [0.2, 0.25) is 0 Å². The maximum absolute atomic E-state index is 2.00. The van der Waals surface area contributed by atoms with Gasteiger partial charge < -0.3 is 14.9 Å². The molecule has 2 radical (unpaired) electrons. The van der Waals surface area contributed by atoms with E-state index in [0.717, 1.165) is 0 Å². The Morgan fingerprint density at radius 1 is 0.292 bits per heavy atom. The van der Waals surface area contributed by atoms with Crippen molar-refractivity contribution < 1.29 is 65.4 Å². The van der Waals surface area contributed by atoms with Gasteiger partial charge in [0.25, 0.3) is 0 Å². The summed E-state index contributed by atoms with van der Waals surface area (Å²) in [5, 5.41) is 0. The van der Waals surface area contributed by atoms with E-state index in [-0.39, 0.29) is 80.3 Å². The Morgan fingerprint density at radius 2 is 0.417 bits per heavy atom. The van der Waals surface area contributed by atoms with Gasteiger partial charge in [0, 0.05) is 65.4 Å². The van der Waals surface area contributed by atoms with Crippen LogP contribution in [0, 0.1) is 14.9 Å². The average molecular weight is 468 g/mol. The van der Waals surface area contributed by atoms with Gasteiger partial charge in [0.15, 0.2) is 0 Å². The van der Waals surface area contributed by atoms with Crippen molar-refractivity contribution in [2.75, 3.05) is 0 Å². The van der Waals surface area contributed by atoms with E-state index in [2.05, 4.69) is 0 Å². The topological polar surface area (TPSA) is 0 Å². The van der Waals surface area contributed by atoms with Crippen molar-refractivity contribution in [2.24, 2.45) is 0 Å². The molecule has 4 rings (SSSR count). The van der Waals surface area contributed by atoms with E-state index in [1.165, 1.54) is 0 Å². The van der Waals surface area contributed by atoms with Crippen LogP contribution in [0.5, 0.6) is 0 Å². The van der Waals surface area contributed by atoms with Gasteiger partial charge in [0.1, 0.15) is 0 Å². The maximum Gasteiger partial charge on any atom is 0 e. The van der Waals surface area contributed by atoms with Gasteiger partial charge in [-0.15, -0.1) is 0 Å². The first kappa shape index (κ1) is 31.4. The molecule has 0 aliphatic carbocycles. The molecule has 2 heteroatoms. The van der Waals surface area contributed by atoms with E-state index in [9.17, 15) is 0 Å². The molecule has 126 valence electrons. The van der Waals surface area contributed by atoms with Crippen LogP contribution in [-0.4, -0.2) is 0 Å². The molecule has 0 N–H and O–H groups in total. The van der Waals surface area contributed by atoms with Gasteiger partial charge in [-0.25, -0.2) is 48.5 Å². The normalized spacial score (nSPS) is 6.67. The van der Waals surface area contributed by atoms with Crippen LogP contribution in [0.3, 0.4) is 0 Å². The zero-order chi connectivity index (χ0) is 14.1. The molecule has 0 saturated carbocycles. The predicted octanol–water partition coefficient (Wildman–Crippen LogP) is 6.52. The summed E-state index contributed by atoms with van der Waals surface area (Å²) in [6.45, 7) is 0. The van der Waals surface area contributed by atoms with Crippen molar-refractivity contribution in [1.29, 1.82) is 0 Å². The van der Waals surface area contributed by atoms with Crippen LogP contribution in [0.15, 0.2) is 121 Å².